The number of rotatable bonds is 30. The highest BCUT2D eigenvalue weighted by Gasteiger charge is 2.36. The van der Waals surface area contributed by atoms with Crippen LogP contribution in [-0.2, 0) is 62.3 Å². The van der Waals surface area contributed by atoms with Crippen molar-refractivity contribution in [2.24, 2.45) is 22.2 Å². The van der Waals surface area contributed by atoms with Gasteiger partial charge in [0.1, 0.15) is 36.3 Å². The lowest BCUT2D eigenvalue weighted by molar-refractivity contribution is -0.147. The summed E-state index contributed by atoms with van der Waals surface area (Å²) in [6.07, 6.45) is -8.06. The third-order valence-corrected chi connectivity index (χ3v) is 7.62. The second kappa shape index (κ2) is 26.4. The maximum Gasteiger partial charge on any atom is 0.326 e. The van der Waals surface area contributed by atoms with Crippen LogP contribution < -0.4 is 49.1 Å². The normalized spacial score (nSPS) is 14.0. The number of carboxylic acids is 7. The molecule has 0 aliphatic carbocycles. The van der Waals surface area contributed by atoms with Crippen LogP contribution in [0.15, 0.2) is 4.99 Å². The Hall–Kier alpha value is -7.66. The lowest BCUT2D eigenvalue weighted by atomic mass is 10.1. The zero-order valence-corrected chi connectivity index (χ0v) is 31.7. The van der Waals surface area contributed by atoms with E-state index in [2.05, 4.69) is 10.3 Å². The van der Waals surface area contributed by atoms with Gasteiger partial charge in [-0.1, -0.05) is 0 Å². The predicted octanol–water partition coefficient (Wildman–Crippen LogP) is -7.40. The van der Waals surface area contributed by atoms with Gasteiger partial charge < -0.3 is 84.8 Å². The van der Waals surface area contributed by atoms with Crippen molar-refractivity contribution in [3.05, 3.63) is 0 Å². The number of aliphatic carboxylic acids is 7. The monoisotopic (exact) mass is 878 g/mol. The lowest BCUT2D eigenvalue weighted by Crippen LogP contribution is -2.60. The summed E-state index contributed by atoms with van der Waals surface area (Å²) >= 11 is 0. The van der Waals surface area contributed by atoms with Crippen LogP contribution >= 0.6 is 0 Å². The number of carbonyl (C=O) groups is 13. The van der Waals surface area contributed by atoms with Crippen molar-refractivity contribution in [1.82, 2.24) is 31.9 Å². The fourth-order valence-electron chi connectivity index (χ4n) is 4.76. The molecule has 0 fully saturated rings. The Labute approximate surface area is 342 Å². The number of nitrogens with zero attached hydrogens (tertiary/aromatic N) is 1. The number of nitrogens with one attached hydrogen (secondary N) is 6. The molecule has 340 valence electrons. The minimum absolute atomic E-state index is 0.116. The minimum atomic E-state index is -2.29. The summed E-state index contributed by atoms with van der Waals surface area (Å²) in [5.74, 6) is -20.9. The molecule has 0 rings (SSSR count). The summed E-state index contributed by atoms with van der Waals surface area (Å²) < 4.78 is 0. The van der Waals surface area contributed by atoms with E-state index < -0.39 is 171 Å². The molecule has 61 heavy (non-hydrogen) atoms. The molecule has 0 spiro atoms. The molecule has 0 saturated heterocycles. The molecular formula is C31H46N10O20. The van der Waals surface area contributed by atoms with Gasteiger partial charge in [-0.05, 0) is 19.3 Å². The van der Waals surface area contributed by atoms with Gasteiger partial charge in [0.15, 0.2) is 5.96 Å². The number of aliphatic imine (C=N–C) groups is 1. The summed E-state index contributed by atoms with van der Waals surface area (Å²) in [6.45, 7) is -0.173. The van der Waals surface area contributed by atoms with Gasteiger partial charge >= 0.3 is 41.8 Å². The molecule has 0 aliphatic heterocycles. The van der Waals surface area contributed by atoms with E-state index in [-0.39, 0.29) is 18.9 Å². The maximum absolute atomic E-state index is 13.4. The Morgan fingerprint density at radius 2 is 0.721 bits per heavy atom. The largest absolute Gasteiger partial charge is 0.481 e. The molecule has 0 radical (unpaired) electrons. The molecule has 0 bridgehead atoms. The third kappa shape index (κ3) is 22.8. The molecule has 0 saturated carbocycles. The maximum atomic E-state index is 13.4. The van der Waals surface area contributed by atoms with E-state index in [4.69, 9.17) is 32.5 Å². The van der Waals surface area contributed by atoms with Crippen molar-refractivity contribution in [1.29, 1.82) is 0 Å². The van der Waals surface area contributed by atoms with Crippen LogP contribution in [0.1, 0.15) is 57.8 Å². The number of hydrogen-bond donors (Lipinski definition) is 16. The molecule has 19 N–H and O–H groups in total. The molecule has 0 heterocycles. The average Bonchev–Trinajstić information content (AvgIpc) is 3.11. The van der Waals surface area contributed by atoms with Gasteiger partial charge in [-0.25, -0.2) is 4.79 Å². The van der Waals surface area contributed by atoms with Gasteiger partial charge in [-0.3, -0.25) is 62.5 Å². The number of carbonyl (C=O) groups excluding carboxylic acids is 6. The summed E-state index contributed by atoms with van der Waals surface area (Å²) in [6, 6.07) is -14.2. The smallest absolute Gasteiger partial charge is 0.326 e. The SMILES string of the molecule is NC(N)=NCCC[C@H](NC(=O)[C@H](CC(=O)O)NC(=O)[C@H](CC(=O)O)NC(=O)[C@H](CC(=O)O)NC(=O)[C@H](CCC(=O)O)NC(=O)[C@@H](N)CC(=O)O)C(=O)N[C@@H](CC(=O)O)C(=O)O. The second-order valence-corrected chi connectivity index (χ2v) is 12.7. The summed E-state index contributed by atoms with van der Waals surface area (Å²) in [5, 5.41) is 76.1. The van der Waals surface area contributed by atoms with Crippen LogP contribution in [0, 0.1) is 0 Å². The third-order valence-electron chi connectivity index (χ3n) is 7.62. The Kier molecular flexibility index (Phi) is 23.1. The molecular weight excluding hydrogens is 832 g/mol. The molecule has 30 heteroatoms. The van der Waals surface area contributed by atoms with Crippen LogP contribution in [0.5, 0.6) is 0 Å². The molecule has 0 aromatic carbocycles. The van der Waals surface area contributed by atoms with E-state index in [1.165, 1.54) is 0 Å². The van der Waals surface area contributed by atoms with Crippen LogP contribution in [0.2, 0.25) is 0 Å². The Morgan fingerprint density at radius 3 is 1.07 bits per heavy atom. The number of guanidine groups is 1. The van der Waals surface area contributed by atoms with Gasteiger partial charge in [-0.2, -0.15) is 0 Å². The minimum Gasteiger partial charge on any atom is -0.481 e. The van der Waals surface area contributed by atoms with E-state index in [9.17, 15) is 82.8 Å². The molecule has 7 atom stereocenters. The quantitative estimate of drug-likeness (QED) is 0.0181. The first-order valence-electron chi connectivity index (χ1n) is 17.4. The van der Waals surface area contributed by atoms with Crippen molar-refractivity contribution in [2.75, 3.05) is 6.54 Å². The zero-order chi connectivity index (χ0) is 47.1. The highest BCUT2D eigenvalue weighted by atomic mass is 16.4. The van der Waals surface area contributed by atoms with E-state index >= 15 is 0 Å². The molecule has 0 aromatic rings. The fraction of sp³-hybridized carbons (Fsp3) is 0.548. The van der Waals surface area contributed by atoms with Crippen LogP contribution in [0.3, 0.4) is 0 Å². The van der Waals surface area contributed by atoms with Crippen molar-refractivity contribution in [2.45, 2.75) is 100 Å². The van der Waals surface area contributed by atoms with E-state index in [1.807, 2.05) is 26.6 Å². The zero-order valence-electron chi connectivity index (χ0n) is 31.7. The van der Waals surface area contributed by atoms with Crippen molar-refractivity contribution < 1.29 is 98.1 Å². The summed E-state index contributed by atoms with van der Waals surface area (Å²) in [4.78, 5) is 162. The number of hydrogen-bond acceptors (Lipinski definition) is 15. The van der Waals surface area contributed by atoms with E-state index in [0.29, 0.717) is 0 Å². The van der Waals surface area contributed by atoms with Crippen LogP contribution in [0.25, 0.3) is 0 Å². The van der Waals surface area contributed by atoms with Gasteiger partial charge in [0.2, 0.25) is 35.4 Å². The van der Waals surface area contributed by atoms with Gasteiger partial charge in [0.25, 0.3) is 0 Å². The van der Waals surface area contributed by atoms with E-state index in [0.717, 1.165) is 0 Å². The van der Waals surface area contributed by atoms with Crippen molar-refractivity contribution in [3.8, 4) is 0 Å². The standard InChI is InChI=1S/C31H46N10O20/c32-11(6-19(44)45)24(54)36-13(3-4-18(42)43)26(56)38-15(8-21(48)49)28(58)40-16(9-22(50)51)29(59)39-14(7-20(46)47)27(57)37-12(2-1-5-35-31(33)34)25(55)41-17(30(60)61)10-23(52)53/h11-17H,1-10,32H2,(H,36,54)(H,37,57)(H,38,56)(H,39,59)(H,40,58)(H,41,55)(H,42,43)(H,44,45)(H,46,47)(H,48,49)(H,50,51)(H,52,53)(H,60,61)(H4,33,34,35)/t11-,12-,13-,14-,15-,16-,17-/m0/s1. The Bertz CT molecular complexity index is 1730. The highest BCUT2D eigenvalue weighted by Crippen LogP contribution is 2.07. The van der Waals surface area contributed by atoms with Crippen molar-refractivity contribution >= 4 is 83.2 Å². The Balaban J connectivity index is 6.54. The number of nitrogens with two attached hydrogens (primary N) is 3. The van der Waals surface area contributed by atoms with E-state index in [1.54, 1.807) is 0 Å². The second-order valence-electron chi connectivity index (χ2n) is 12.7. The lowest BCUT2D eigenvalue weighted by Gasteiger charge is -2.26. The van der Waals surface area contributed by atoms with Gasteiger partial charge in [0.05, 0.1) is 38.1 Å². The van der Waals surface area contributed by atoms with Crippen LogP contribution in [0.4, 0.5) is 0 Å². The predicted molar refractivity (Wildman–Crippen MR) is 195 cm³/mol. The Morgan fingerprint density at radius 1 is 0.410 bits per heavy atom. The molecule has 0 unspecified atom stereocenters. The molecule has 6 amide bonds. The fourth-order valence-corrected chi connectivity index (χ4v) is 4.76. The molecule has 30 nitrogen and oxygen atoms in total. The average molecular weight is 879 g/mol. The first-order chi connectivity index (χ1) is 28.2. The summed E-state index contributed by atoms with van der Waals surface area (Å²) in [5.41, 5.74) is 15.9. The topological polar surface area (TPSA) is 526 Å². The van der Waals surface area contributed by atoms with Gasteiger partial charge in [0, 0.05) is 13.0 Å². The molecule has 0 aliphatic rings. The number of carboxylic acid groups (broad SMARTS) is 7. The van der Waals surface area contributed by atoms with Crippen LogP contribution in [-0.4, -0.2) is 168 Å². The van der Waals surface area contributed by atoms with Crippen molar-refractivity contribution in [3.63, 3.8) is 0 Å². The van der Waals surface area contributed by atoms with Gasteiger partial charge in [-0.15, -0.1) is 0 Å². The highest BCUT2D eigenvalue weighted by molar-refractivity contribution is 6.00. The number of amides is 6. The molecule has 0 aromatic heterocycles. The first-order valence-corrected chi connectivity index (χ1v) is 17.4. The first kappa shape index (κ1) is 53.3. The summed E-state index contributed by atoms with van der Waals surface area (Å²) in [7, 11) is 0.